The highest BCUT2D eigenvalue weighted by Gasteiger charge is 2.10. The van der Waals surface area contributed by atoms with Gasteiger partial charge in [-0.05, 0) is 34.9 Å². The summed E-state index contributed by atoms with van der Waals surface area (Å²) < 4.78 is 0. The standard InChI is InChI=1S/C21H21NOS/c1-16(19-12-11-18-9-5-6-10-20(18)13-19)22-21(23)15-24-14-17-7-3-2-4-8-17/h2-13,16H,14-15H2,1H3,(H,22,23). The van der Waals surface area contributed by atoms with Gasteiger partial charge in [0.15, 0.2) is 0 Å². The van der Waals surface area contributed by atoms with E-state index in [9.17, 15) is 4.79 Å². The quantitative estimate of drug-likeness (QED) is 0.690. The zero-order chi connectivity index (χ0) is 16.8. The van der Waals surface area contributed by atoms with Gasteiger partial charge in [-0.15, -0.1) is 11.8 Å². The summed E-state index contributed by atoms with van der Waals surface area (Å²) in [6.07, 6.45) is 0. The van der Waals surface area contributed by atoms with Gasteiger partial charge < -0.3 is 5.32 Å². The fourth-order valence-corrected chi connectivity index (χ4v) is 3.48. The van der Waals surface area contributed by atoms with E-state index < -0.39 is 0 Å². The molecule has 1 atom stereocenters. The third-order valence-electron chi connectivity index (χ3n) is 4.00. The van der Waals surface area contributed by atoms with Gasteiger partial charge in [0.1, 0.15) is 0 Å². The van der Waals surface area contributed by atoms with Crippen LogP contribution in [-0.4, -0.2) is 11.7 Å². The molecule has 0 aliphatic carbocycles. The second-order valence-corrected chi connectivity index (χ2v) is 6.86. The Morgan fingerprint density at radius 1 is 0.958 bits per heavy atom. The van der Waals surface area contributed by atoms with Crippen LogP contribution in [0.15, 0.2) is 72.8 Å². The first kappa shape index (κ1) is 16.6. The van der Waals surface area contributed by atoms with Gasteiger partial charge in [0.25, 0.3) is 0 Å². The predicted molar refractivity (Wildman–Crippen MR) is 103 cm³/mol. The number of carbonyl (C=O) groups is 1. The van der Waals surface area contributed by atoms with Crippen LogP contribution in [0.25, 0.3) is 10.8 Å². The Bertz CT molecular complexity index is 816. The molecule has 0 aliphatic rings. The van der Waals surface area contributed by atoms with E-state index in [4.69, 9.17) is 0 Å². The zero-order valence-electron chi connectivity index (χ0n) is 13.7. The van der Waals surface area contributed by atoms with E-state index >= 15 is 0 Å². The molecule has 3 aromatic rings. The minimum absolute atomic E-state index is 0.0134. The average Bonchev–Trinajstić information content (AvgIpc) is 2.62. The van der Waals surface area contributed by atoms with E-state index in [2.05, 4.69) is 47.8 Å². The molecule has 1 unspecified atom stereocenters. The molecule has 0 radical (unpaired) electrons. The molecule has 0 bridgehead atoms. The molecule has 0 saturated carbocycles. The van der Waals surface area contributed by atoms with Gasteiger partial charge in [-0.25, -0.2) is 0 Å². The fraction of sp³-hybridized carbons (Fsp3) is 0.190. The largest absolute Gasteiger partial charge is 0.349 e. The normalized spacial score (nSPS) is 12.0. The summed E-state index contributed by atoms with van der Waals surface area (Å²) in [6, 6.07) is 24.9. The highest BCUT2D eigenvalue weighted by atomic mass is 32.2. The summed E-state index contributed by atoms with van der Waals surface area (Å²) in [4.78, 5) is 12.1. The summed E-state index contributed by atoms with van der Waals surface area (Å²) in [6.45, 7) is 2.03. The first-order valence-electron chi connectivity index (χ1n) is 8.12. The Morgan fingerprint density at radius 3 is 2.46 bits per heavy atom. The lowest BCUT2D eigenvalue weighted by atomic mass is 10.0. The van der Waals surface area contributed by atoms with Crippen LogP contribution in [0, 0.1) is 0 Å². The molecule has 0 aliphatic heterocycles. The minimum atomic E-state index is 0.0134. The second kappa shape index (κ2) is 8.02. The molecule has 3 heteroatoms. The summed E-state index contributed by atoms with van der Waals surface area (Å²) in [5.74, 6) is 1.42. The summed E-state index contributed by atoms with van der Waals surface area (Å²) in [5, 5.41) is 5.51. The third-order valence-corrected chi connectivity index (χ3v) is 5.00. The molecular weight excluding hydrogens is 314 g/mol. The van der Waals surface area contributed by atoms with E-state index in [1.54, 1.807) is 11.8 Å². The maximum absolute atomic E-state index is 12.1. The monoisotopic (exact) mass is 335 g/mol. The van der Waals surface area contributed by atoms with Crippen LogP contribution < -0.4 is 5.32 Å². The van der Waals surface area contributed by atoms with Crippen molar-refractivity contribution in [3.8, 4) is 0 Å². The molecule has 0 saturated heterocycles. The molecule has 3 rings (SSSR count). The Labute approximate surface area is 147 Å². The van der Waals surface area contributed by atoms with Crippen molar-refractivity contribution in [2.45, 2.75) is 18.7 Å². The van der Waals surface area contributed by atoms with Crippen molar-refractivity contribution in [1.29, 1.82) is 0 Å². The molecule has 1 amide bonds. The Balaban J connectivity index is 1.53. The van der Waals surface area contributed by atoms with Crippen LogP contribution in [0.5, 0.6) is 0 Å². The van der Waals surface area contributed by atoms with Gasteiger partial charge >= 0.3 is 0 Å². The maximum atomic E-state index is 12.1. The Hall–Kier alpha value is -2.26. The second-order valence-electron chi connectivity index (χ2n) is 5.87. The van der Waals surface area contributed by atoms with E-state index in [0.29, 0.717) is 5.75 Å². The number of amides is 1. The van der Waals surface area contributed by atoms with E-state index in [0.717, 1.165) is 11.3 Å². The first-order valence-corrected chi connectivity index (χ1v) is 9.27. The predicted octanol–water partition coefficient (Wildman–Crippen LogP) is 4.95. The minimum Gasteiger partial charge on any atom is -0.349 e. The van der Waals surface area contributed by atoms with Gasteiger partial charge in [-0.3, -0.25) is 4.79 Å². The van der Waals surface area contributed by atoms with Crippen molar-refractivity contribution in [2.24, 2.45) is 0 Å². The van der Waals surface area contributed by atoms with Gasteiger partial charge in [0.2, 0.25) is 5.91 Å². The molecule has 0 aromatic heterocycles. The summed E-state index contributed by atoms with van der Waals surface area (Å²) in [7, 11) is 0. The highest BCUT2D eigenvalue weighted by molar-refractivity contribution is 7.99. The van der Waals surface area contributed by atoms with Crippen LogP contribution in [0.4, 0.5) is 0 Å². The van der Waals surface area contributed by atoms with Crippen molar-refractivity contribution in [1.82, 2.24) is 5.32 Å². The first-order chi connectivity index (χ1) is 11.7. The molecule has 0 heterocycles. The molecule has 24 heavy (non-hydrogen) atoms. The highest BCUT2D eigenvalue weighted by Crippen LogP contribution is 2.20. The Kier molecular flexibility index (Phi) is 5.55. The number of hydrogen-bond donors (Lipinski definition) is 1. The van der Waals surface area contributed by atoms with Crippen molar-refractivity contribution in [2.75, 3.05) is 5.75 Å². The molecular formula is C21H21NOS. The smallest absolute Gasteiger partial charge is 0.230 e. The molecule has 1 N–H and O–H groups in total. The molecule has 122 valence electrons. The number of hydrogen-bond acceptors (Lipinski definition) is 2. The van der Waals surface area contributed by atoms with Gasteiger partial charge in [0, 0.05) is 5.75 Å². The maximum Gasteiger partial charge on any atom is 0.230 e. The summed E-state index contributed by atoms with van der Waals surface area (Å²) >= 11 is 1.64. The average molecular weight is 335 g/mol. The molecule has 0 spiro atoms. The van der Waals surface area contributed by atoms with Crippen LogP contribution in [0.3, 0.4) is 0 Å². The van der Waals surface area contributed by atoms with Crippen LogP contribution >= 0.6 is 11.8 Å². The lowest BCUT2D eigenvalue weighted by Gasteiger charge is -2.15. The lowest BCUT2D eigenvalue weighted by molar-refractivity contribution is -0.119. The number of benzene rings is 3. The number of rotatable bonds is 6. The number of nitrogens with one attached hydrogen (secondary N) is 1. The van der Waals surface area contributed by atoms with E-state index in [1.165, 1.54) is 16.3 Å². The molecule has 0 fully saturated rings. The van der Waals surface area contributed by atoms with E-state index in [1.807, 2.05) is 37.3 Å². The lowest BCUT2D eigenvalue weighted by Crippen LogP contribution is -2.28. The number of carbonyl (C=O) groups excluding carboxylic acids is 1. The number of fused-ring (bicyclic) bond motifs is 1. The van der Waals surface area contributed by atoms with Crippen molar-refractivity contribution in [3.05, 3.63) is 83.9 Å². The molecule has 2 nitrogen and oxygen atoms in total. The van der Waals surface area contributed by atoms with Gasteiger partial charge in [-0.2, -0.15) is 0 Å². The van der Waals surface area contributed by atoms with Crippen LogP contribution in [0.2, 0.25) is 0 Å². The summed E-state index contributed by atoms with van der Waals surface area (Å²) in [5.41, 5.74) is 2.38. The number of thioether (sulfide) groups is 1. The van der Waals surface area contributed by atoms with Gasteiger partial charge in [0.05, 0.1) is 11.8 Å². The SMILES string of the molecule is CC(NC(=O)CSCc1ccccc1)c1ccc2ccccc2c1. The fourth-order valence-electron chi connectivity index (χ4n) is 2.68. The van der Waals surface area contributed by atoms with Crippen LogP contribution in [-0.2, 0) is 10.5 Å². The topological polar surface area (TPSA) is 29.1 Å². The third kappa shape index (κ3) is 4.39. The zero-order valence-corrected chi connectivity index (χ0v) is 14.6. The molecule has 3 aromatic carbocycles. The van der Waals surface area contributed by atoms with Crippen molar-refractivity contribution in [3.63, 3.8) is 0 Å². The van der Waals surface area contributed by atoms with Crippen molar-refractivity contribution >= 4 is 28.4 Å². The Morgan fingerprint density at radius 2 is 1.67 bits per heavy atom. The van der Waals surface area contributed by atoms with E-state index in [-0.39, 0.29) is 11.9 Å². The van der Waals surface area contributed by atoms with Gasteiger partial charge in [-0.1, -0.05) is 66.7 Å². The van der Waals surface area contributed by atoms with Crippen LogP contribution in [0.1, 0.15) is 24.1 Å². The van der Waals surface area contributed by atoms with Crippen molar-refractivity contribution < 1.29 is 4.79 Å².